The number of alkyl halides is 1. The maximum atomic E-state index is 13.2. The quantitative estimate of drug-likeness (QED) is 0.692. The van der Waals surface area contributed by atoms with Crippen LogP contribution in [0.25, 0.3) is 0 Å². The number of rotatable bonds is 4. The monoisotopic (exact) mass is 199 g/mol. The summed E-state index contributed by atoms with van der Waals surface area (Å²) in [6.45, 7) is 4.81. The second-order valence-corrected chi connectivity index (χ2v) is 3.87. The molecule has 0 aromatic carbocycles. The first-order valence-corrected chi connectivity index (χ1v) is 4.48. The van der Waals surface area contributed by atoms with Crippen LogP contribution in [-0.4, -0.2) is 26.4 Å². The summed E-state index contributed by atoms with van der Waals surface area (Å²) in [5.74, 6) is -0.105. The van der Waals surface area contributed by atoms with Crippen molar-refractivity contribution in [2.75, 3.05) is 0 Å². The van der Waals surface area contributed by atoms with Crippen LogP contribution in [0.5, 0.6) is 0 Å². The third-order valence-electron chi connectivity index (χ3n) is 1.90. The zero-order valence-electron chi connectivity index (χ0n) is 8.62. The van der Waals surface area contributed by atoms with Gasteiger partial charge in [-0.25, -0.2) is 9.07 Å². The molecule has 1 aromatic rings. The molecule has 0 aliphatic rings. The zero-order valence-corrected chi connectivity index (χ0v) is 8.62. The number of hydrogen-bond donors (Lipinski definition) is 0. The summed E-state index contributed by atoms with van der Waals surface area (Å²) < 4.78 is 14.6. The molecule has 0 fully saturated rings. The Morgan fingerprint density at radius 1 is 1.64 bits per heavy atom. The first kappa shape index (κ1) is 10.8. The normalized spacial score (nSPS) is 11.7. The fourth-order valence-corrected chi connectivity index (χ4v) is 1.07. The van der Waals surface area contributed by atoms with Gasteiger partial charge in [0.2, 0.25) is 0 Å². The second-order valence-electron chi connectivity index (χ2n) is 3.87. The maximum absolute atomic E-state index is 13.2. The summed E-state index contributed by atoms with van der Waals surface area (Å²) >= 11 is 0. The number of aryl methyl sites for hydroxylation is 1. The first-order chi connectivity index (χ1) is 6.40. The minimum Gasteiger partial charge on any atom is -0.293 e. The molecule has 1 heterocycles. The molecule has 0 aliphatic heterocycles. The lowest BCUT2D eigenvalue weighted by Gasteiger charge is -2.13. The van der Waals surface area contributed by atoms with Crippen LogP contribution < -0.4 is 0 Å². The van der Waals surface area contributed by atoms with Gasteiger partial charge in [0.25, 0.3) is 0 Å². The van der Waals surface area contributed by atoms with E-state index >= 15 is 0 Å². The van der Waals surface area contributed by atoms with Gasteiger partial charge in [-0.05, 0) is 13.8 Å². The summed E-state index contributed by atoms with van der Waals surface area (Å²) in [7, 11) is 0. The van der Waals surface area contributed by atoms with E-state index in [1.165, 1.54) is 31.6 Å². The molecule has 5 heteroatoms. The van der Waals surface area contributed by atoms with Crippen molar-refractivity contribution < 1.29 is 9.18 Å². The van der Waals surface area contributed by atoms with E-state index in [1.807, 2.05) is 0 Å². The highest BCUT2D eigenvalue weighted by Crippen LogP contribution is 2.14. The second kappa shape index (κ2) is 3.86. The van der Waals surface area contributed by atoms with Gasteiger partial charge in [0, 0.05) is 19.9 Å². The molecule has 0 N–H and O–H groups in total. The molecule has 4 nitrogen and oxygen atoms in total. The average molecular weight is 199 g/mol. The largest absolute Gasteiger partial charge is 0.293 e. The number of carbonyl (C=O) groups excluding carboxylic acids is 1. The fraction of sp³-hybridized carbons (Fsp3) is 0.667. The number of nitrogens with zero attached hydrogens (tertiary/aromatic N) is 3. The number of hydrogen-bond acceptors (Lipinski definition) is 3. The smallest absolute Gasteiger partial charge is 0.179 e. The van der Waals surface area contributed by atoms with Crippen molar-refractivity contribution in [3.05, 3.63) is 11.9 Å². The lowest BCUT2D eigenvalue weighted by atomic mass is 10.1. The van der Waals surface area contributed by atoms with E-state index in [4.69, 9.17) is 0 Å². The predicted octanol–water partition coefficient (Wildman–Crippen LogP) is 1.62. The van der Waals surface area contributed by atoms with E-state index in [2.05, 4.69) is 10.3 Å². The van der Waals surface area contributed by atoms with Crippen molar-refractivity contribution in [1.29, 1.82) is 0 Å². The Bertz CT molecular complexity index is 327. The number of carbonyl (C=O) groups is 1. The fourth-order valence-electron chi connectivity index (χ4n) is 1.07. The highest BCUT2D eigenvalue weighted by molar-refractivity contribution is 5.91. The van der Waals surface area contributed by atoms with Crippen molar-refractivity contribution in [2.45, 2.75) is 39.4 Å². The van der Waals surface area contributed by atoms with E-state index in [9.17, 15) is 9.18 Å². The minimum absolute atomic E-state index is 0.105. The van der Waals surface area contributed by atoms with Gasteiger partial charge in [0.15, 0.2) is 5.78 Å². The van der Waals surface area contributed by atoms with E-state index in [1.54, 1.807) is 0 Å². The van der Waals surface area contributed by atoms with Crippen LogP contribution in [0.15, 0.2) is 6.20 Å². The van der Waals surface area contributed by atoms with Gasteiger partial charge in [-0.1, -0.05) is 5.21 Å². The highest BCUT2D eigenvalue weighted by Gasteiger charge is 2.17. The van der Waals surface area contributed by atoms with Gasteiger partial charge in [-0.15, -0.1) is 5.10 Å². The lowest BCUT2D eigenvalue weighted by Crippen LogP contribution is -2.18. The van der Waals surface area contributed by atoms with Crippen molar-refractivity contribution in [3.63, 3.8) is 0 Å². The molecule has 1 rings (SSSR count). The zero-order chi connectivity index (χ0) is 10.8. The summed E-state index contributed by atoms with van der Waals surface area (Å²) in [6, 6.07) is 0. The van der Waals surface area contributed by atoms with Crippen molar-refractivity contribution in [1.82, 2.24) is 15.0 Å². The van der Waals surface area contributed by atoms with Gasteiger partial charge >= 0.3 is 0 Å². The lowest BCUT2D eigenvalue weighted by molar-refractivity contribution is 0.1000. The van der Waals surface area contributed by atoms with Gasteiger partial charge in [-0.2, -0.15) is 0 Å². The molecule has 1 aromatic heterocycles. The Hall–Kier alpha value is -1.26. The Morgan fingerprint density at radius 2 is 2.29 bits per heavy atom. The number of aromatic nitrogens is 3. The van der Waals surface area contributed by atoms with E-state index in [-0.39, 0.29) is 5.78 Å². The van der Waals surface area contributed by atoms with E-state index < -0.39 is 5.67 Å². The summed E-state index contributed by atoms with van der Waals surface area (Å²) in [4.78, 5) is 11.1. The van der Waals surface area contributed by atoms with Crippen molar-refractivity contribution >= 4 is 5.78 Å². The number of halogens is 1. The van der Waals surface area contributed by atoms with Crippen molar-refractivity contribution in [3.8, 4) is 0 Å². The van der Waals surface area contributed by atoms with Crippen LogP contribution in [0.2, 0.25) is 0 Å². The van der Waals surface area contributed by atoms with Gasteiger partial charge in [-0.3, -0.25) is 4.79 Å². The van der Waals surface area contributed by atoms with Gasteiger partial charge < -0.3 is 0 Å². The Morgan fingerprint density at radius 3 is 2.79 bits per heavy atom. The van der Waals surface area contributed by atoms with Crippen LogP contribution in [0.4, 0.5) is 4.39 Å². The van der Waals surface area contributed by atoms with Crippen LogP contribution in [0.1, 0.15) is 37.7 Å². The highest BCUT2D eigenvalue weighted by atomic mass is 19.1. The maximum Gasteiger partial charge on any atom is 0.179 e. The van der Waals surface area contributed by atoms with Gasteiger partial charge in [0.1, 0.15) is 11.4 Å². The average Bonchev–Trinajstić information content (AvgIpc) is 2.46. The molecular weight excluding hydrogens is 185 g/mol. The Balaban J connectivity index is 2.68. The van der Waals surface area contributed by atoms with E-state index in [0.717, 1.165) is 0 Å². The summed E-state index contributed by atoms with van der Waals surface area (Å²) in [6.07, 6.45) is 1.71. The first-order valence-electron chi connectivity index (χ1n) is 4.48. The van der Waals surface area contributed by atoms with Crippen LogP contribution >= 0.6 is 0 Å². The molecular formula is C9H14FN3O. The van der Waals surface area contributed by atoms with Crippen LogP contribution in [0.3, 0.4) is 0 Å². The van der Waals surface area contributed by atoms with Crippen LogP contribution in [-0.2, 0) is 6.54 Å². The molecule has 0 atom stereocenters. The Kier molecular flexibility index (Phi) is 2.98. The van der Waals surface area contributed by atoms with E-state index in [0.29, 0.717) is 18.7 Å². The molecule has 78 valence electrons. The molecule has 0 bridgehead atoms. The SMILES string of the molecule is CC(=O)c1cnnn1CCC(C)(C)F. The number of ketones is 1. The molecule has 0 saturated heterocycles. The molecule has 0 amide bonds. The minimum atomic E-state index is -1.25. The molecule has 14 heavy (non-hydrogen) atoms. The third-order valence-corrected chi connectivity index (χ3v) is 1.90. The molecule has 0 unspecified atom stereocenters. The summed E-state index contributed by atoms with van der Waals surface area (Å²) in [5, 5.41) is 7.33. The third kappa shape index (κ3) is 2.90. The van der Waals surface area contributed by atoms with Gasteiger partial charge in [0.05, 0.1) is 6.20 Å². The van der Waals surface area contributed by atoms with Crippen LogP contribution in [0, 0.1) is 0 Å². The predicted molar refractivity (Wildman–Crippen MR) is 49.8 cm³/mol. The summed E-state index contributed by atoms with van der Waals surface area (Å²) in [5.41, 5.74) is -0.825. The molecule has 0 radical (unpaired) electrons. The molecule has 0 aliphatic carbocycles. The molecule has 0 saturated carbocycles. The van der Waals surface area contributed by atoms with Crippen molar-refractivity contribution in [2.24, 2.45) is 0 Å². The Labute approximate surface area is 82.1 Å². The topological polar surface area (TPSA) is 47.8 Å². The number of Topliss-reactive ketones (excluding diaryl/α,β-unsaturated/α-hetero) is 1. The standard InChI is InChI=1S/C9H14FN3O/c1-7(14)8-6-11-12-13(8)5-4-9(2,3)10/h6H,4-5H2,1-3H3. The molecule has 0 spiro atoms.